The molecule has 0 aliphatic carbocycles. The minimum Gasteiger partial charge on any atom is -0.497 e. The Morgan fingerprint density at radius 2 is 1.79 bits per heavy atom. The molecular weight excluding hydrogens is 454 g/mol. The van der Waals surface area contributed by atoms with Crippen LogP contribution in [0.5, 0.6) is 5.75 Å². The van der Waals surface area contributed by atoms with Crippen LogP contribution in [0.1, 0.15) is 50.2 Å². The summed E-state index contributed by atoms with van der Waals surface area (Å²) in [6.45, 7) is 11.0. The van der Waals surface area contributed by atoms with Crippen LogP contribution >= 0.6 is 0 Å². The summed E-state index contributed by atoms with van der Waals surface area (Å²) in [6, 6.07) is 3.25. The molecule has 34 heavy (non-hydrogen) atoms. The van der Waals surface area contributed by atoms with Crippen molar-refractivity contribution in [2.45, 2.75) is 63.8 Å². The molecule has 0 unspecified atom stereocenters. The summed E-state index contributed by atoms with van der Waals surface area (Å²) >= 11 is 0. The first-order valence-corrected chi connectivity index (χ1v) is 14.0. The van der Waals surface area contributed by atoms with Crippen molar-refractivity contribution >= 4 is 15.9 Å². The molecule has 0 spiro atoms. The molecule has 0 saturated carbocycles. The van der Waals surface area contributed by atoms with Crippen molar-refractivity contribution in [2.75, 3.05) is 59.6 Å². The highest BCUT2D eigenvalue weighted by Gasteiger charge is 2.37. The molecule has 1 aromatic carbocycles. The van der Waals surface area contributed by atoms with Crippen LogP contribution in [0.4, 0.5) is 0 Å². The Bertz CT molecular complexity index is 913. The SMILES string of the molecule is CCCCN1CCCN(C(=O)COC[C@@H]2CCCN2S(=O)(=O)c2c(C)cc(OC)cc2C)CC1. The molecule has 0 N–H and O–H groups in total. The Hall–Kier alpha value is -1.68. The van der Waals surface area contributed by atoms with E-state index in [1.807, 2.05) is 4.90 Å². The first kappa shape index (κ1) is 26.9. The number of methoxy groups -OCH3 is 1. The summed E-state index contributed by atoms with van der Waals surface area (Å²) in [6.07, 6.45) is 4.86. The summed E-state index contributed by atoms with van der Waals surface area (Å²) in [5.74, 6) is 0.641. The van der Waals surface area contributed by atoms with Gasteiger partial charge in [-0.3, -0.25) is 4.79 Å². The number of aryl methyl sites for hydroxylation is 2. The standard InChI is InChI=1S/C25H41N3O5S/c1-5-6-10-26-11-8-12-27(15-14-26)24(29)19-33-18-22-9-7-13-28(22)34(30,31)25-20(2)16-23(32-4)17-21(25)3/h16-17,22H,5-15,18-19H2,1-4H3/t22-/m0/s1. The Morgan fingerprint density at radius 3 is 2.47 bits per heavy atom. The largest absolute Gasteiger partial charge is 0.497 e. The maximum Gasteiger partial charge on any atom is 0.248 e. The molecule has 0 bridgehead atoms. The Labute approximate surface area is 205 Å². The zero-order chi connectivity index (χ0) is 24.7. The van der Waals surface area contributed by atoms with Gasteiger partial charge in [-0.2, -0.15) is 4.31 Å². The Balaban J connectivity index is 1.56. The van der Waals surface area contributed by atoms with Crippen molar-refractivity contribution in [1.82, 2.24) is 14.1 Å². The number of amides is 1. The Morgan fingerprint density at radius 1 is 1.06 bits per heavy atom. The quantitative estimate of drug-likeness (QED) is 0.497. The lowest BCUT2D eigenvalue weighted by molar-refractivity contribution is -0.136. The monoisotopic (exact) mass is 495 g/mol. The van der Waals surface area contributed by atoms with Gasteiger partial charge in [0.05, 0.1) is 18.6 Å². The number of hydrogen-bond acceptors (Lipinski definition) is 6. The van der Waals surface area contributed by atoms with Gasteiger partial charge in [0.25, 0.3) is 0 Å². The number of hydrogen-bond donors (Lipinski definition) is 0. The normalized spacial score (nSPS) is 20.5. The maximum absolute atomic E-state index is 13.5. The summed E-state index contributed by atoms with van der Waals surface area (Å²) in [5.41, 5.74) is 1.35. The lowest BCUT2D eigenvalue weighted by atomic mass is 10.1. The second-order valence-corrected chi connectivity index (χ2v) is 11.3. The molecule has 1 atom stereocenters. The van der Waals surface area contributed by atoms with Gasteiger partial charge in [-0.1, -0.05) is 13.3 Å². The highest BCUT2D eigenvalue weighted by molar-refractivity contribution is 7.89. The molecule has 192 valence electrons. The van der Waals surface area contributed by atoms with Crippen LogP contribution in [0, 0.1) is 13.8 Å². The molecule has 0 radical (unpaired) electrons. The van der Waals surface area contributed by atoms with Crippen LogP contribution in [-0.2, 0) is 19.6 Å². The van der Waals surface area contributed by atoms with Crippen LogP contribution in [0.3, 0.4) is 0 Å². The third-order valence-electron chi connectivity index (χ3n) is 6.86. The highest BCUT2D eigenvalue weighted by Crippen LogP contribution is 2.32. The second kappa shape index (κ2) is 12.3. The number of benzene rings is 1. The first-order valence-electron chi connectivity index (χ1n) is 12.5. The molecule has 2 aliphatic rings. The topological polar surface area (TPSA) is 79.4 Å². The molecule has 3 rings (SSSR count). The molecule has 1 amide bonds. The van der Waals surface area contributed by atoms with Crippen LogP contribution in [-0.4, -0.2) is 94.1 Å². The zero-order valence-electron chi connectivity index (χ0n) is 21.2. The number of ether oxygens (including phenoxy) is 2. The number of rotatable bonds is 10. The Kier molecular flexibility index (Phi) is 9.76. The van der Waals surface area contributed by atoms with E-state index >= 15 is 0 Å². The smallest absolute Gasteiger partial charge is 0.248 e. The van der Waals surface area contributed by atoms with E-state index in [-0.39, 0.29) is 25.2 Å². The molecule has 9 heteroatoms. The molecule has 8 nitrogen and oxygen atoms in total. The van der Waals surface area contributed by atoms with Crippen molar-refractivity contribution in [2.24, 2.45) is 0 Å². The van der Waals surface area contributed by atoms with E-state index in [2.05, 4.69) is 11.8 Å². The summed E-state index contributed by atoms with van der Waals surface area (Å²) in [4.78, 5) is 17.4. The van der Waals surface area contributed by atoms with E-state index in [9.17, 15) is 13.2 Å². The average molecular weight is 496 g/mol. The number of carbonyl (C=O) groups is 1. The number of carbonyl (C=O) groups excluding carboxylic acids is 1. The molecule has 1 aromatic rings. The minimum atomic E-state index is -3.67. The predicted octanol–water partition coefficient (Wildman–Crippen LogP) is 2.82. The van der Waals surface area contributed by atoms with Crippen LogP contribution in [0.25, 0.3) is 0 Å². The van der Waals surface area contributed by atoms with Gasteiger partial charge in [0.2, 0.25) is 15.9 Å². The highest BCUT2D eigenvalue weighted by atomic mass is 32.2. The zero-order valence-corrected chi connectivity index (χ0v) is 22.0. The van der Waals surface area contributed by atoms with Gasteiger partial charge < -0.3 is 19.3 Å². The summed E-state index contributed by atoms with van der Waals surface area (Å²) in [7, 11) is -2.09. The van der Waals surface area contributed by atoms with Gasteiger partial charge in [-0.15, -0.1) is 0 Å². The van der Waals surface area contributed by atoms with Crippen molar-refractivity contribution in [3.63, 3.8) is 0 Å². The van der Waals surface area contributed by atoms with Crippen LogP contribution in [0.15, 0.2) is 17.0 Å². The van der Waals surface area contributed by atoms with Gasteiger partial charge in [0.1, 0.15) is 12.4 Å². The van der Waals surface area contributed by atoms with Crippen molar-refractivity contribution in [1.29, 1.82) is 0 Å². The maximum atomic E-state index is 13.5. The predicted molar refractivity (Wildman–Crippen MR) is 133 cm³/mol. The molecule has 2 fully saturated rings. The third-order valence-corrected chi connectivity index (χ3v) is 9.12. The second-order valence-electron chi connectivity index (χ2n) is 9.45. The van der Waals surface area contributed by atoms with Gasteiger partial charge in [0, 0.05) is 32.2 Å². The fourth-order valence-electron chi connectivity index (χ4n) is 5.04. The van der Waals surface area contributed by atoms with Gasteiger partial charge in [-0.05, 0) is 75.9 Å². The van der Waals surface area contributed by atoms with Crippen molar-refractivity contribution in [3.05, 3.63) is 23.3 Å². The molecular formula is C25H41N3O5S. The lowest BCUT2D eigenvalue weighted by Crippen LogP contribution is -2.41. The molecule has 2 saturated heterocycles. The van der Waals surface area contributed by atoms with E-state index in [0.29, 0.717) is 28.3 Å². The van der Waals surface area contributed by atoms with E-state index < -0.39 is 10.0 Å². The van der Waals surface area contributed by atoms with E-state index in [1.54, 1.807) is 37.4 Å². The van der Waals surface area contributed by atoms with Gasteiger partial charge >= 0.3 is 0 Å². The van der Waals surface area contributed by atoms with Crippen LogP contribution in [0.2, 0.25) is 0 Å². The summed E-state index contributed by atoms with van der Waals surface area (Å²) in [5, 5.41) is 0. The fourth-order valence-corrected chi connectivity index (χ4v) is 7.14. The minimum absolute atomic E-state index is 0.0000605. The van der Waals surface area contributed by atoms with Crippen LogP contribution < -0.4 is 4.74 Å². The van der Waals surface area contributed by atoms with Crippen molar-refractivity contribution in [3.8, 4) is 5.75 Å². The number of unbranched alkanes of at least 4 members (excludes halogenated alkanes) is 1. The lowest BCUT2D eigenvalue weighted by Gasteiger charge is -2.26. The van der Waals surface area contributed by atoms with Gasteiger partial charge in [-0.25, -0.2) is 8.42 Å². The number of sulfonamides is 1. The average Bonchev–Trinajstić information content (AvgIpc) is 3.15. The van der Waals surface area contributed by atoms with E-state index in [1.165, 1.54) is 12.8 Å². The van der Waals surface area contributed by atoms with E-state index in [0.717, 1.165) is 52.0 Å². The summed E-state index contributed by atoms with van der Waals surface area (Å²) < 4.78 is 39.7. The van der Waals surface area contributed by atoms with Crippen molar-refractivity contribution < 1.29 is 22.7 Å². The molecule has 0 aromatic heterocycles. The first-order chi connectivity index (χ1) is 16.3. The molecule has 2 aliphatic heterocycles. The fraction of sp³-hybridized carbons (Fsp3) is 0.720. The molecule has 2 heterocycles. The third kappa shape index (κ3) is 6.50. The van der Waals surface area contributed by atoms with Gasteiger partial charge in [0.15, 0.2) is 0 Å². The number of nitrogens with zero attached hydrogens (tertiary/aromatic N) is 3. The van der Waals surface area contributed by atoms with E-state index in [4.69, 9.17) is 9.47 Å².